The highest BCUT2D eigenvalue weighted by Gasteiger charge is 2.42. The van der Waals surface area contributed by atoms with Crippen LogP contribution in [0.4, 0.5) is 5.69 Å². The number of nitrogens with zero attached hydrogens (tertiary/aromatic N) is 4. The Kier molecular flexibility index (Phi) is 22.6. The summed E-state index contributed by atoms with van der Waals surface area (Å²) in [6.45, 7) is 20.4. The van der Waals surface area contributed by atoms with E-state index in [-0.39, 0.29) is 85.4 Å². The third-order valence-corrected chi connectivity index (χ3v) is 16.2. The van der Waals surface area contributed by atoms with E-state index in [4.69, 9.17) is 4.74 Å². The average Bonchev–Trinajstić information content (AvgIpc) is 2.27. The molecule has 5 aromatic rings. The van der Waals surface area contributed by atoms with Crippen LogP contribution in [0.1, 0.15) is 136 Å². The molecule has 0 unspecified atom stereocenters. The first kappa shape index (κ1) is 66.0. The number of fused-ring (bicyclic) bond motifs is 5. The van der Waals surface area contributed by atoms with Gasteiger partial charge in [-0.2, -0.15) is 15.4 Å². The topological polar surface area (TPSA) is 250 Å². The van der Waals surface area contributed by atoms with Crippen LogP contribution in [0.5, 0.6) is 0 Å². The molecule has 0 saturated carbocycles. The van der Waals surface area contributed by atoms with Gasteiger partial charge in [0.05, 0.1) is 36.8 Å². The summed E-state index contributed by atoms with van der Waals surface area (Å²) in [5.74, 6) is -3.95. The molecule has 0 aliphatic carbocycles. The summed E-state index contributed by atoms with van der Waals surface area (Å²) < 4.78 is 5.67. The van der Waals surface area contributed by atoms with E-state index in [9.17, 15) is 43.5 Å². The van der Waals surface area contributed by atoms with Gasteiger partial charge in [0.15, 0.2) is 5.78 Å². The standard InChI is InChI=1S/C67H86N8O10/c1-40(2)52(37-49(76)24-15-19-28-56(78)75-38-47-22-14-16-25-50(47)58-59(72-73-71-58)51-26-17-18-27-53(51)75)62(80)69-43(6)55(77)35-44-29-31-45(32-30-44)39-85-57(79)36-46-21-20-23-48(34-46)67(10,11)60(68-12)63(81)70-61(66(7,8)9)64(82)74(13)54(41(3)4)33-42(5)65(83)84/h14,16-18,20-23,25-27,29-34,40-41,43,52,54,60-61,68H,15,19,24,28,35-39H2,1-13H3,(H,69,80)(H,70,81)(H,83,84)(H,71,72,73)/b42-33+/t43-,52-,54-,60+,61+/m0/s1. The molecule has 4 aromatic carbocycles. The van der Waals surface area contributed by atoms with Crippen LogP contribution in [-0.2, 0) is 74.5 Å². The number of unbranched alkanes of at least 4 members (excludes halogenated alkanes) is 1. The van der Waals surface area contributed by atoms with Gasteiger partial charge in [0, 0.05) is 60.8 Å². The SMILES string of the molecule is CN[C@H](C(=O)N[C@H](C(=O)N(C)[C@@H](/C=C(\C)C(=O)O)C(C)C)C(C)(C)C)C(C)(C)c1cccc(CC(=O)OCc2ccc(CC(=O)[C@H](C)NC(=O)[C@@H](CC(=O)CCCCC(=O)N3Cc4ccccc4-c4n[nH]nc4-c4ccccc43)C(C)C)cc2)c1. The van der Waals surface area contributed by atoms with Gasteiger partial charge in [-0.1, -0.05) is 159 Å². The highest BCUT2D eigenvalue weighted by molar-refractivity contribution is 6.00. The molecule has 0 fully saturated rings. The van der Waals surface area contributed by atoms with Crippen LogP contribution in [0.2, 0.25) is 0 Å². The van der Waals surface area contributed by atoms with Crippen molar-refractivity contribution in [2.24, 2.45) is 23.2 Å². The Hall–Kier alpha value is -8.12. The maximum atomic E-state index is 14.2. The minimum absolute atomic E-state index is 0.00840. The van der Waals surface area contributed by atoms with Crippen molar-refractivity contribution in [1.82, 2.24) is 36.3 Å². The second kappa shape index (κ2) is 29.1. The lowest BCUT2D eigenvalue weighted by molar-refractivity contribution is -0.144. The fourth-order valence-electron chi connectivity index (χ4n) is 10.9. The highest BCUT2D eigenvalue weighted by Crippen LogP contribution is 2.40. The van der Waals surface area contributed by atoms with Crippen LogP contribution in [0.3, 0.4) is 0 Å². The normalized spacial score (nSPS) is 14.3. The molecule has 0 spiro atoms. The van der Waals surface area contributed by atoms with Crippen LogP contribution in [-0.4, -0.2) is 111 Å². The molecule has 2 heterocycles. The van der Waals surface area contributed by atoms with Gasteiger partial charge in [0.1, 0.15) is 29.8 Å². The Labute approximate surface area is 500 Å². The number of aliphatic carboxylic acids is 1. The smallest absolute Gasteiger partial charge is 0.331 e. The van der Waals surface area contributed by atoms with Crippen molar-refractivity contribution in [2.75, 3.05) is 19.0 Å². The van der Waals surface area contributed by atoms with Gasteiger partial charge in [-0.05, 0) is 84.9 Å². The zero-order chi connectivity index (χ0) is 62.5. The first-order valence-electron chi connectivity index (χ1n) is 29.3. The number of carboxylic acid groups (broad SMARTS) is 1. The number of aromatic nitrogens is 3. The molecule has 5 atom stereocenters. The number of hydrogen-bond acceptors (Lipinski definition) is 12. The van der Waals surface area contributed by atoms with E-state index < -0.39 is 58.8 Å². The molecular weight excluding hydrogens is 1080 g/mol. The minimum Gasteiger partial charge on any atom is -0.478 e. The van der Waals surface area contributed by atoms with Crippen molar-refractivity contribution in [3.8, 4) is 22.5 Å². The van der Waals surface area contributed by atoms with E-state index in [0.29, 0.717) is 41.8 Å². The number of Topliss-reactive ketones (excluding diaryl/α,β-unsaturated/α-hetero) is 2. The van der Waals surface area contributed by atoms with Gasteiger partial charge in [-0.3, -0.25) is 33.6 Å². The number of carbonyl (C=O) groups is 8. The van der Waals surface area contributed by atoms with Gasteiger partial charge in [-0.25, -0.2) is 4.79 Å². The van der Waals surface area contributed by atoms with Crippen LogP contribution < -0.4 is 20.9 Å². The molecule has 454 valence electrons. The fourth-order valence-corrected chi connectivity index (χ4v) is 10.9. The lowest BCUT2D eigenvalue weighted by Crippen LogP contribution is -2.61. The summed E-state index contributed by atoms with van der Waals surface area (Å²) in [5.41, 5.74) is 6.22. The maximum Gasteiger partial charge on any atom is 0.331 e. The van der Waals surface area contributed by atoms with Crippen molar-refractivity contribution >= 4 is 52.8 Å². The fraction of sp³-hybridized carbons (Fsp3) is 0.463. The van der Waals surface area contributed by atoms with E-state index in [2.05, 4.69) is 31.4 Å². The lowest BCUT2D eigenvalue weighted by atomic mass is 9.76. The Balaban J connectivity index is 0.954. The van der Waals surface area contributed by atoms with Gasteiger partial charge in [0.2, 0.25) is 23.6 Å². The largest absolute Gasteiger partial charge is 0.478 e. The summed E-state index contributed by atoms with van der Waals surface area (Å²) in [4.78, 5) is 111. The summed E-state index contributed by atoms with van der Waals surface area (Å²) in [7, 11) is 3.29. The molecule has 1 aliphatic rings. The Morgan fingerprint density at radius 3 is 1.99 bits per heavy atom. The number of amides is 4. The monoisotopic (exact) mass is 1160 g/mol. The van der Waals surface area contributed by atoms with E-state index >= 15 is 0 Å². The molecule has 1 aliphatic heterocycles. The van der Waals surface area contributed by atoms with Gasteiger partial charge < -0.3 is 35.6 Å². The number of ether oxygens (including phenoxy) is 1. The van der Waals surface area contributed by atoms with Crippen LogP contribution in [0.15, 0.2) is 109 Å². The van der Waals surface area contributed by atoms with Gasteiger partial charge >= 0.3 is 11.9 Å². The Bertz CT molecular complexity index is 3250. The molecule has 0 radical (unpaired) electrons. The van der Waals surface area contributed by atoms with Crippen molar-refractivity contribution in [1.29, 1.82) is 0 Å². The van der Waals surface area contributed by atoms with Crippen molar-refractivity contribution in [3.63, 3.8) is 0 Å². The Morgan fingerprint density at radius 1 is 0.729 bits per heavy atom. The first-order valence-corrected chi connectivity index (χ1v) is 29.3. The zero-order valence-electron chi connectivity index (χ0n) is 51.6. The van der Waals surface area contributed by atoms with Crippen LogP contribution >= 0.6 is 0 Å². The summed E-state index contributed by atoms with van der Waals surface area (Å²) in [5, 5.41) is 30.2. The quantitative estimate of drug-likeness (QED) is 0.0187. The molecule has 85 heavy (non-hydrogen) atoms. The number of rotatable bonds is 27. The number of likely N-dealkylation sites (N-methyl/N-ethyl adjacent to an activating group) is 2. The highest BCUT2D eigenvalue weighted by atomic mass is 16.5. The number of para-hydroxylation sites is 1. The number of anilines is 1. The summed E-state index contributed by atoms with van der Waals surface area (Å²) in [6.07, 6.45) is 3.00. The van der Waals surface area contributed by atoms with Crippen LogP contribution in [0.25, 0.3) is 22.5 Å². The molecule has 0 saturated heterocycles. The minimum atomic E-state index is -1.08. The van der Waals surface area contributed by atoms with Crippen molar-refractivity contribution in [3.05, 3.63) is 137 Å². The first-order chi connectivity index (χ1) is 40.1. The van der Waals surface area contributed by atoms with E-state index in [1.165, 1.54) is 11.8 Å². The molecule has 4 amide bonds. The van der Waals surface area contributed by atoms with Crippen molar-refractivity contribution in [2.45, 2.75) is 164 Å². The number of carbonyl (C=O) groups excluding carboxylic acids is 7. The zero-order valence-corrected chi connectivity index (χ0v) is 51.6. The maximum absolute atomic E-state index is 14.2. The number of aromatic amines is 1. The van der Waals surface area contributed by atoms with E-state index in [0.717, 1.165) is 33.6 Å². The molecule has 0 bridgehead atoms. The van der Waals surface area contributed by atoms with E-state index in [1.54, 1.807) is 56.3 Å². The number of carboxylic acids is 1. The number of nitrogens with one attached hydrogen (secondary N) is 4. The van der Waals surface area contributed by atoms with Gasteiger partial charge in [-0.15, -0.1) is 0 Å². The molecular formula is C67H86N8O10. The third kappa shape index (κ3) is 17.0. The third-order valence-electron chi connectivity index (χ3n) is 16.2. The predicted molar refractivity (Wildman–Crippen MR) is 328 cm³/mol. The summed E-state index contributed by atoms with van der Waals surface area (Å²) in [6, 6.07) is 26.9. The Morgan fingerprint density at radius 2 is 1.35 bits per heavy atom. The van der Waals surface area contributed by atoms with Gasteiger partial charge in [0.25, 0.3) is 0 Å². The number of esters is 1. The molecule has 5 N–H and O–H groups in total. The van der Waals surface area contributed by atoms with Crippen molar-refractivity contribution < 1.29 is 48.2 Å². The number of benzene rings is 4. The van der Waals surface area contributed by atoms with Crippen LogP contribution in [0, 0.1) is 23.2 Å². The molecule has 18 heteroatoms. The summed E-state index contributed by atoms with van der Waals surface area (Å²) >= 11 is 0. The second-order valence-electron chi connectivity index (χ2n) is 24.8. The number of ketones is 2. The average molecular weight is 1160 g/mol. The number of hydrogen-bond donors (Lipinski definition) is 5. The molecule has 6 rings (SSSR count). The second-order valence-corrected chi connectivity index (χ2v) is 24.8. The number of H-pyrrole nitrogens is 1. The molecule has 18 nitrogen and oxygen atoms in total. The van der Waals surface area contributed by atoms with E-state index in [1.807, 2.05) is 135 Å². The molecule has 1 aromatic heterocycles. The lowest BCUT2D eigenvalue weighted by Gasteiger charge is -2.40. The predicted octanol–water partition coefficient (Wildman–Crippen LogP) is 9.29.